The molecule has 6 heteroatoms. The molecule has 0 saturated carbocycles. The summed E-state index contributed by atoms with van der Waals surface area (Å²) in [6.07, 6.45) is 2.61. The van der Waals surface area contributed by atoms with E-state index in [4.69, 9.17) is 14.2 Å². The second kappa shape index (κ2) is 8.89. The van der Waals surface area contributed by atoms with E-state index >= 15 is 0 Å². The third kappa shape index (κ3) is 5.21. The maximum atomic E-state index is 11.3. The van der Waals surface area contributed by atoms with Gasteiger partial charge in [0.2, 0.25) is 0 Å². The van der Waals surface area contributed by atoms with Crippen LogP contribution in [-0.2, 0) is 17.3 Å². The Hall–Kier alpha value is -1.27. The third-order valence-corrected chi connectivity index (χ3v) is 4.77. The number of ether oxygens (including phenoxy) is 3. The summed E-state index contributed by atoms with van der Waals surface area (Å²) in [4.78, 5) is 0. The molecule has 0 spiro atoms. The van der Waals surface area contributed by atoms with Crippen molar-refractivity contribution in [2.45, 2.75) is 25.1 Å². The highest BCUT2D eigenvalue weighted by Gasteiger charge is 2.12. The maximum Gasteiger partial charge on any atom is 0.164 e. The van der Waals surface area contributed by atoms with E-state index in [9.17, 15) is 4.21 Å². The first-order valence-corrected chi connectivity index (χ1v) is 8.47. The van der Waals surface area contributed by atoms with Crippen molar-refractivity contribution >= 4 is 10.8 Å². The normalized spacial score (nSPS) is 13.6. The molecule has 1 rings (SSSR count). The van der Waals surface area contributed by atoms with E-state index in [1.54, 1.807) is 27.6 Å². The van der Waals surface area contributed by atoms with Crippen molar-refractivity contribution in [2.24, 2.45) is 0 Å². The van der Waals surface area contributed by atoms with Gasteiger partial charge in [-0.05, 0) is 19.0 Å². The van der Waals surface area contributed by atoms with Gasteiger partial charge in [0, 0.05) is 40.5 Å². The van der Waals surface area contributed by atoms with Crippen molar-refractivity contribution in [3.8, 4) is 17.2 Å². The van der Waals surface area contributed by atoms with Crippen molar-refractivity contribution in [1.82, 2.24) is 5.32 Å². The lowest BCUT2D eigenvalue weighted by molar-refractivity contribution is 0.347. The second-order valence-corrected chi connectivity index (χ2v) is 6.60. The summed E-state index contributed by atoms with van der Waals surface area (Å²) in [6, 6.07) is 3.73. The van der Waals surface area contributed by atoms with Crippen LogP contribution in [0.2, 0.25) is 0 Å². The molecule has 0 aliphatic carbocycles. The van der Waals surface area contributed by atoms with Gasteiger partial charge >= 0.3 is 0 Å². The van der Waals surface area contributed by atoms with Gasteiger partial charge in [0.15, 0.2) is 11.5 Å². The van der Waals surface area contributed by atoms with Gasteiger partial charge in [-0.15, -0.1) is 0 Å². The van der Waals surface area contributed by atoms with E-state index in [2.05, 4.69) is 5.32 Å². The quantitative estimate of drug-likeness (QED) is 0.706. The molecule has 5 nitrogen and oxygen atoms in total. The molecule has 1 N–H and O–H groups in total. The molecule has 2 unspecified atom stereocenters. The highest BCUT2D eigenvalue weighted by Crippen LogP contribution is 2.34. The maximum absolute atomic E-state index is 11.3. The molecule has 0 radical (unpaired) electrons. The van der Waals surface area contributed by atoms with Gasteiger partial charge in [-0.3, -0.25) is 4.21 Å². The lowest BCUT2D eigenvalue weighted by atomic mass is 10.1. The largest absolute Gasteiger partial charge is 0.496 e. The lowest BCUT2D eigenvalue weighted by Crippen LogP contribution is -2.21. The second-order valence-electron chi connectivity index (χ2n) is 4.79. The molecule has 0 aliphatic rings. The van der Waals surface area contributed by atoms with Gasteiger partial charge in [-0.1, -0.05) is 6.92 Å². The molecule has 0 amide bonds. The van der Waals surface area contributed by atoms with Gasteiger partial charge < -0.3 is 19.5 Å². The predicted molar refractivity (Wildman–Crippen MR) is 86.0 cm³/mol. The molecule has 1 aromatic rings. The molecule has 0 aliphatic heterocycles. The Balaban J connectivity index is 2.67. The number of rotatable bonds is 9. The first-order valence-electron chi connectivity index (χ1n) is 6.85. The Morgan fingerprint density at radius 2 is 1.67 bits per heavy atom. The Labute approximate surface area is 129 Å². The van der Waals surface area contributed by atoms with Crippen LogP contribution in [0.1, 0.15) is 18.9 Å². The highest BCUT2D eigenvalue weighted by atomic mass is 32.2. The zero-order valence-electron chi connectivity index (χ0n) is 13.4. The van der Waals surface area contributed by atoms with Crippen molar-refractivity contribution in [3.05, 3.63) is 17.7 Å². The van der Waals surface area contributed by atoms with Crippen molar-refractivity contribution in [2.75, 3.05) is 34.1 Å². The molecular formula is C15H25NO4S. The molecular weight excluding hydrogens is 290 g/mol. The first-order chi connectivity index (χ1) is 10.0. The number of benzene rings is 1. The lowest BCUT2D eigenvalue weighted by Gasteiger charge is -2.15. The Kier molecular flexibility index (Phi) is 7.53. The molecule has 2 atom stereocenters. The van der Waals surface area contributed by atoms with Crippen molar-refractivity contribution in [1.29, 1.82) is 0 Å². The zero-order valence-corrected chi connectivity index (χ0v) is 14.2. The van der Waals surface area contributed by atoms with E-state index in [1.165, 1.54) is 0 Å². The minimum atomic E-state index is -0.775. The van der Waals surface area contributed by atoms with Gasteiger partial charge in [0.05, 0.1) is 21.3 Å². The summed E-state index contributed by atoms with van der Waals surface area (Å²) < 4.78 is 27.2. The standard InChI is InChI=1S/C15H25NO4S/c1-11(21(5)17)6-7-16-10-12-8-14(19-3)15(20-4)9-13(12)18-2/h8-9,11,16H,6-7,10H2,1-5H3. The molecule has 0 saturated heterocycles. The molecule has 0 heterocycles. The van der Waals surface area contributed by atoms with Crippen LogP contribution in [0, 0.1) is 0 Å². The summed E-state index contributed by atoms with van der Waals surface area (Å²) in [5, 5.41) is 3.54. The Morgan fingerprint density at radius 3 is 2.19 bits per heavy atom. The molecule has 0 fully saturated rings. The number of hydrogen-bond acceptors (Lipinski definition) is 5. The number of hydrogen-bond donors (Lipinski definition) is 1. The average Bonchev–Trinajstić information content (AvgIpc) is 2.50. The van der Waals surface area contributed by atoms with Crippen LogP contribution in [0.4, 0.5) is 0 Å². The van der Waals surface area contributed by atoms with E-state index in [-0.39, 0.29) is 5.25 Å². The summed E-state index contributed by atoms with van der Waals surface area (Å²) >= 11 is 0. The van der Waals surface area contributed by atoms with Crippen LogP contribution in [0.15, 0.2) is 12.1 Å². The van der Waals surface area contributed by atoms with Crippen LogP contribution in [-0.4, -0.2) is 43.6 Å². The molecule has 0 aromatic heterocycles. The van der Waals surface area contributed by atoms with Crippen molar-refractivity contribution < 1.29 is 18.4 Å². The minimum Gasteiger partial charge on any atom is -0.496 e. The molecule has 120 valence electrons. The van der Waals surface area contributed by atoms with Gasteiger partial charge in [0.1, 0.15) is 5.75 Å². The molecule has 0 bridgehead atoms. The molecule has 1 aromatic carbocycles. The van der Waals surface area contributed by atoms with Gasteiger partial charge in [-0.2, -0.15) is 0 Å². The van der Waals surface area contributed by atoms with Gasteiger partial charge in [-0.25, -0.2) is 0 Å². The highest BCUT2D eigenvalue weighted by molar-refractivity contribution is 7.84. The van der Waals surface area contributed by atoms with Crippen LogP contribution in [0.25, 0.3) is 0 Å². The topological polar surface area (TPSA) is 56.8 Å². The summed E-state index contributed by atoms with van der Waals surface area (Å²) in [5.41, 5.74) is 1.00. The van der Waals surface area contributed by atoms with E-state index < -0.39 is 10.8 Å². The number of nitrogens with one attached hydrogen (secondary N) is 1. The number of methoxy groups -OCH3 is 3. The summed E-state index contributed by atoms with van der Waals surface area (Å²) in [5.74, 6) is 2.08. The van der Waals surface area contributed by atoms with Crippen LogP contribution >= 0.6 is 0 Å². The summed E-state index contributed by atoms with van der Waals surface area (Å²) in [7, 11) is 4.07. The van der Waals surface area contributed by atoms with Crippen LogP contribution in [0.5, 0.6) is 17.2 Å². The van der Waals surface area contributed by atoms with E-state index in [1.807, 2.05) is 19.1 Å². The Morgan fingerprint density at radius 1 is 1.10 bits per heavy atom. The average molecular weight is 315 g/mol. The fraction of sp³-hybridized carbons (Fsp3) is 0.600. The fourth-order valence-electron chi connectivity index (χ4n) is 1.92. The predicted octanol–water partition coefficient (Wildman–Crippen LogP) is 1.96. The van der Waals surface area contributed by atoms with E-state index in [0.717, 1.165) is 24.3 Å². The zero-order chi connectivity index (χ0) is 15.8. The monoisotopic (exact) mass is 315 g/mol. The molecule has 21 heavy (non-hydrogen) atoms. The first kappa shape index (κ1) is 17.8. The van der Waals surface area contributed by atoms with E-state index in [0.29, 0.717) is 18.0 Å². The van der Waals surface area contributed by atoms with Crippen LogP contribution < -0.4 is 19.5 Å². The Bertz CT molecular complexity index is 479. The smallest absolute Gasteiger partial charge is 0.164 e. The van der Waals surface area contributed by atoms with Crippen LogP contribution in [0.3, 0.4) is 0 Å². The fourth-order valence-corrected chi connectivity index (χ4v) is 2.37. The third-order valence-electron chi connectivity index (χ3n) is 3.40. The van der Waals surface area contributed by atoms with Crippen molar-refractivity contribution in [3.63, 3.8) is 0 Å². The summed E-state index contributed by atoms with van der Waals surface area (Å²) in [6.45, 7) is 3.46. The SMILES string of the molecule is COc1cc(OC)c(OC)cc1CNCCC(C)S(C)=O. The van der Waals surface area contributed by atoms with Gasteiger partial charge in [0.25, 0.3) is 0 Å². The minimum absolute atomic E-state index is 0.199.